The summed E-state index contributed by atoms with van der Waals surface area (Å²) in [6, 6.07) is 10.6. The summed E-state index contributed by atoms with van der Waals surface area (Å²) in [4.78, 5) is 4.77. The van der Waals surface area contributed by atoms with Crippen molar-refractivity contribution in [3.05, 3.63) is 35.9 Å². The van der Waals surface area contributed by atoms with Gasteiger partial charge in [0.05, 0.1) is 5.52 Å². The van der Waals surface area contributed by atoms with E-state index in [-0.39, 0.29) is 5.41 Å². The van der Waals surface area contributed by atoms with E-state index in [4.69, 9.17) is 4.98 Å². The van der Waals surface area contributed by atoms with Crippen molar-refractivity contribution in [3.8, 4) is 0 Å². The number of aromatic nitrogens is 1. The molecule has 0 saturated carbocycles. The first-order chi connectivity index (χ1) is 8.52. The Hall–Kier alpha value is -1.57. The smallest absolute Gasteiger partial charge is 0.130 e. The van der Waals surface area contributed by atoms with Gasteiger partial charge in [0.1, 0.15) is 5.82 Å². The normalized spacial score (nSPS) is 11.8. The van der Waals surface area contributed by atoms with Crippen molar-refractivity contribution in [2.45, 2.75) is 39.5 Å². The highest BCUT2D eigenvalue weighted by molar-refractivity contribution is 5.82. The molecule has 2 nitrogen and oxygen atoms in total. The largest absolute Gasteiger partial charge is 0.370 e. The minimum atomic E-state index is 0.104. The molecule has 96 valence electrons. The molecule has 2 aromatic rings. The summed E-state index contributed by atoms with van der Waals surface area (Å²) in [5.41, 5.74) is 2.45. The molecule has 1 N–H and O–H groups in total. The van der Waals surface area contributed by atoms with E-state index in [1.165, 1.54) is 10.9 Å². The van der Waals surface area contributed by atoms with Crippen LogP contribution in [0.15, 0.2) is 30.3 Å². The van der Waals surface area contributed by atoms with E-state index in [0.29, 0.717) is 0 Å². The Morgan fingerprint density at radius 3 is 2.56 bits per heavy atom. The number of hydrogen-bond donors (Lipinski definition) is 1. The molecular formula is C16H22N2. The number of rotatable bonds is 3. The molecule has 1 aromatic carbocycles. The molecule has 0 fully saturated rings. The van der Waals surface area contributed by atoms with Crippen molar-refractivity contribution in [1.82, 2.24) is 4.98 Å². The molecule has 1 aromatic heterocycles. The molecule has 1 heterocycles. The molecule has 18 heavy (non-hydrogen) atoms. The monoisotopic (exact) mass is 242 g/mol. The van der Waals surface area contributed by atoms with Crippen LogP contribution in [-0.4, -0.2) is 11.5 Å². The summed E-state index contributed by atoms with van der Waals surface area (Å²) >= 11 is 0. The van der Waals surface area contributed by atoms with E-state index in [9.17, 15) is 0 Å². The van der Waals surface area contributed by atoms with Gasteiger partial charge in [-0.15, -0.1) is 0 Å². The summed E-state index contributed by atoms with van der Waals surface area (Å²) in [6.45, 7) is 9.83. The van der Waals surface area contributed by atoms with Gasteiger partial charge in [0, 0.05) is 17.5 Å². The highest BCUT2D eigenvalue weighted by Gasteiger charge is 2.19. The van der Waals surface area contributed by atoms with Gasteiger partial charge in [-0.05, 0) is 24.0 Å². The van der Waals surface area contributed by atoms with Crippen LogP contribution in [0.4, 0.5) is 5.82 Å². The van der Waals surface area contributed by atoms with Gasteiger partial charge in [-0.25, -0.2) is 4.98 Å². The predicted octanol–water partition coefficient (Wildman–Crippen LogP) is 4.35. The zero-order valence-electron chi connectivity index (χ0n) is 11.7. The lowest BCUT2D eigenvalue weighted by Crippen LogP contribution is -2.16. The number of benzene rings is 1. The van der Waals surface area contributed by atoms with Crippen molar-refractivity contribution >= 4 is 16.7 Å². The Bertz CT molecular complexity index is 538. The van der Waals surface area contributed by atoms with E-state index in [1.54, 1.807) is 0 Å². The SMILES string of the molecule is CCCNc1nc2ccccc2cc1C(C)(C)C. The maximum Gasteiger partial charge on any atom is 0.130 e. The third kappa shape index (κ3) is 2.63. The lowest BCUT2D eigenvalue weighted by atomic mass is 9.86. The van der Waals surface area contributed by atoms with Crippen molar-refractivity contribution in [2.24, 2.45) is 0 Å². The van der Waals surface area contributed by atoms with Crippen molar-refractivity contribution in [3.63, 3.8) is 0 Å². The van der Waals surface area contributed by atoms with Crippen molar-refractivity contribution < 1.29 is 0 Å². The zero-order valence-corrected chi connectivity index (χ0v) is 11.7. The van der Waals surface area contributed by atoms with E-state index < -0.39 is 0 Å². The van der Waals surface area contributed by atoms with Gasteiger partial charge in [-0.1, -0.05) is 45.9 Å². The van der Waals surface area contributed by atoms with Gasteiger partial charge in [-0.2, -0.15) is 0 Å². The first-order valence-corrected chi connectivity index (χ1v) is 6.66. The average Bonchev–Trinajstić information content (AvgIpc) is 2.34. The fraction of sp³-hybridized carbons (Fsp3) is 0.438. The van der Waals surface area contributed by atoms with Crippen LogP contribution in [0.2, 0.25) is 0 Å². The number of para-hydroxylation sites is 1. The minimum Gasteiger partial charge on any atom is -0.370 e. The fourth-order valence-corrected chi connectivity index (χ4v) is 2.07. The number of anilines is 1. The van der Waals surface area contributed by atoms with Gasteiger partial charge < -0.3 is 5.32 Å². The van der Waals surface area contributed by atoms with Crippen LogP contribution in [-0.2, 0) is 5.41 Å². The van der Waals surface area contributed by atoms with Crippen LogP contribution >= 0.6 is 0 Å². The van der Waals surface area contributed by atoms with Gasteiger partial charge in [-0.3, -0.25) is 0 Å². The van der Waals surface area contributed by atoms with Gasteiger partial charge >= 0.3 is 0 Å². The highest BCUT2D eigenvalue weighted by Crippen LogP contribution is 2.31. The number of fused-ring (bicyclic) bond motifs is 1. The predicted molar refractivity (Wildman–Crippen MR) is 79.2 cm³/mol. The molecular weight excluding hydrogens is 220 g/mol. The number of nitrogens with zero attached hydrogens (tertiary/aromatic N) is 1. The summed E-state index contributed by atoms with van der Waals surface area (Å²) in [6.07, 6.45) is 1.11. The maximum atomic E-state index is 4.77. The van der Waals surface area contributed by atoms with Crippen LogP contribution in [0.5, 0.6) is 0 Å². The standard InChI is InChI=1S/C16H22N2/c1-5-10-17-15-13(16(2,3)4)11-12-8-6-7-9-14(12)18-15/h6-9,11H,5,10H2,1-4H3,(H,17,18). The quantitative estimate of drug-likeness (QED) is 0.865. The summed E-state index contributed by atoms with van der Waals surface area (Å²) < 4.78 is 0. The number of pyridine rings is 1. The molecule has 2 heteroatoms. The molecule has 0 aliphatic rings. The zero-order chi connectivity index (χ0) is 13.2. The lowest BCUT2D eigenvalue weighted by Gasteiger charge is -2.23. The second kappa shape index (κ2) is 4.97. The van der Waals surface area contributed by atoms with Crippen LogP contribution in [0.1, 0.15) is 39.7 Å². The molecule has 0 bridgehead atoms. The molecule has 0 spiro atoms. The van der Waals surface area contributed by atoms with E-state index in [2.05, 4.69) is 57.3 Å². The molecule has 2 rings (SSSR count). The summed E-state index contributed by atoms with van der Waals surface area (Å²) in [7, 11) is 0. The maximum absolute atomic E-state index is 4.77. The van der Waals surface area contributed by atoms with Crippen molar-refractivity contribution in [2.75, 3.05) is 11.9 Å². The topological polar surface area (TPSA) is 24.9 Å². The Kier molecular flexibility index (Phi) is 3.55. The highest BCUT2D eigenvalue weighted by atomic mass is 15.0. The molecule has 0 amide bonds. The number of hydrogen-bond acceptors (Lipinski definition) is 2. The van der Waals surface area contributed by atoms with E-state index >= 15 is 0 Å². The third-order valence-corrected chi connectivity index (χ3v) is 3.07. The van der Waals surface area contributed by atoms with Crippen LogP contribution in [0.25, 0.3) is 10.9 Å². The fourth-order valence-electron chi connectivity index (χ4n) is 2.07. The lowest BCUT2D eigenvalue weighted by molar-refractivity contribution is 0.590. The van der Waals surface area contributed by atoms with Gasteiger partial charge in [0.15, 0.2) is 0 Å². The second-order valence-corrected chi connectivity index (χ2v) is 5.75. The Balaban J connectivity index is 2.56. The third-order valence-electron chi connectivity index (χ3n) is 3.07. The molecule has 0 atom stereocenters. The second-order valence-electron chi connectivity index (χ2n) is 5.75. The number of nitrogens with one attached hydrogen (secondary N) is 1. The first-order valence-electron chi connectivity index (χ1n) is 6.66. The summed E-state index contributed by atoms with van der Waals surface area (Å²) in [5.74, 6) is 1.03. The van der Waals surface area contributed by atoms with Crippen molar-refractivity contribution in [1.29, 1.82) is 0 Å². The average molecular weight is 242 g/mol. The Morgan fingerprint density at radius 1 is 1.17 bits per heavy atom. The van der Waals surface area contributed by atoms with Crippen LogP contribution in [0.3, 0.4) is 0 Å². The molecule has 0 radical (unpaired) electrons. The molecule has 0 aliphatic heterocycles. The Morgan fingerprint density at radius 2 is 1.89 bits per heavy atom. The van der Waals surface area contributed by atoms with Crippen LogP contribution in [0, 0.1) is 0 Å². The van der Waals surface area contributed by atoms with Crippen LogP contribution < -0.4 is 5.32 Å². The van der Waals surface area contributed by atoms with E-state index in [0.717, 1.165) is 24.3 Å². The Labute approximate surface area is 109 Å². The molecule has 0 unspecified atom stereocenters. The molecule has 0 aliphatic carbocycles. The first kappa shape index (κ1) is 12.9. The minimum absolute atomic E-state index is 0.104. The molecule has 0 saturated heterocycles. The van der Waals surface area contributed by atoms with Gasteiger partial charge in [0.2, 0.25) is 0 Å². The van der Waals surface area contributed by atoms with Gasteiger partial charge in [0.25, 0.3) is 0 Å². The summed E-state index contributed by atoms with van der Waals surface area (Å²) in [5, 5.41) is 4.66. The van der Waals surface area contributed by atoms with E-state index in [1.807, 2.05) is 6.07 Å².